The van der Waals surface area contributed by atoms with Crippen molar-refractivity contribution in [3.63, 3.8) is 0 Å². The van der Waals surface area contributed by atoms with E-state index in [1.807, 2.05) is 43.5 Å². The normalized spacial score (nSPS) is 10.6. The van der Waals surface area contributed by atoms with Crippen LogP contribution in [0.3, 0.4) is 0 Å². The zero-order chi connectivity index (χ0) is 20.2. The van der Waals surface area contributed by atoms with E-state index in [9.17, 15) is 4.79 Å². The molecule has 0 aliphatic heterocycles. The number of amides is 1. The Morgan fingerprint density at radius 2 is 1.52 bits per heavy atom. The highest BCUT2D eigenvalue weighted by Crippen LogP contribution is 2.30. The molecule has 0 fully saturated rings. The van der Waals surface area contributed by atoms with Crippen LogP contribution in [0.4, 0.5) is 5.69 Å². The van der Waals surface area contributed by atoms with Crippen LogP contribution in [0.1, 0.15) is 21.5 Å². The molecule has 4 aromatic rings. The number of carbonyl (C=O) groups is 1. The van der Waals surface area contributed by atoms with Crippen LogP contribution >= 0.6 is 0 Å². The predicted molar refractivity (Wildman–Crippen MR) is 117 cm³/mol. The molecule has 0 bridgehead atoms. The first-order valence-electron chi connectivity index (χ1n) is 9.45. The van der Waals surface area contributed by atoms with Gasteiger partial charge in [0, 0.05) is 41.6 Å². The quantitative estimate of drug-likeness (QED) is 0.496. The second kappa shape index (κ2) is 8.07. The Labute approximate surface area is 170 Å². The average molecular weight is 379 g/mol. The lowest BCUT2D eigenvalue weighted by molar-refractivity contribution is 0.102. The number of nitrogens with zero attached hydrogens (tertiary/aromatic N) is 2. The number of hydrogen-bond acceptors (Lipinski definition) is 3. The van der Waals surface area contributed by atoms with Gasteiger partial charge in [-0.2, -0.15) is 0 Å². The molecule has 0 unspecified atom stereocenters. The highest BCUT2D eigenvalue weighted by Gasteiger charge is 2.10. The number of nitrogens with one attached hydrogen (secondary N) is 1. The summed E-state index contributed by atoms with van der Waals surface area (Å²) < 4.78 is 0. The molecular weight excluding hydrogens is 358 g/mol. The van der Waals surface area contributed by atoms with Gasteiger partial charge in [-0.3, -0.25) is 14.8 Å². The van der Waals surface area contributed by atoms with Gasteiger partial charge in [0.15, 0.2) is 0 Å². The van der Waals surface area contributed by atoms with Crippen LogP contribution in [-0.2, 0) is 0 Å². The van der Waals surface area contributed by atoms with Crippen molar-refractivity contribution in [2.45, 2.75) is 13.8 Å². The molecule has 29 heavy (non-hydrogen) atoms. The molecule has 4 rings (SSSR count). The van der Waals surface area contributed by atoms with E-state index in [1.165, 1.54) is 5.56 Å². The number of pyridine rings is 2. The summed E-state index contributed by atoms with van der Waals surface area (Å²) in [6.45, 7) is 3.98. The standard InChI is InChI=1S/C25H21N3O/c1-17-5-6-20(21-4-3-12-26-16-21)14-24(17)19-7-9-22(10-8-19)28-25(29)23-11-13-27-15-18(23)2/h3-16H,1-2H3,(H,28,29). The summed E-state index contributed by atoms with van der Waals surface area (Å²) in [7, 11) is 0. The Morgan fingerprint density at radius 1 is 0.759 bits per heavy atom. The lowest BCUT2D eigenvalue weighted by Crippen LogP contribution is -2.13. The second-order valence-electron chi connectivity index (χ2n) is 6.99. The van der Waals surface area contributed by atoms with E-state index in [-0.39, 0.29) is 5.91 Å². The molecule has 0 saturated carbocycles. The topological polar surface area (TPSA) is 54.9 Å². The van der Waals surface area contributed by atoms with E-state index >= 15 is 0 Å². The van der Waals surface area contributed by atoms with Crippen LogP contribution in [0, 0.1) is 13.8 Å². The third kappa shape index (κ3) is 4.06. The molecule has 1 N–H and O–H groups in total. The van der Waals surface area contributed by atoms with Gasteiger partial charge in [-0.1, -0.05) is 30.3 Å². The van der Waals surface area contributed by atoms with Gasteiger partial charge < -0.3 is 5.32 Å². The van der Waals surface area contributed by atoms with Crippen LogP contribution in [0.25, 0.3) is 22.3 Å². The van der Waals surface area contributed by atoms with Crippen molar-refractivity contribution in [2.24, 2.45) is 0 Å². The van der Waals surface area contributed by atoms with E-state index in [0.717, 1.165) is 33.5 Å². The first kappa shape index (κ1) is 18.6. The molecule has 0 atom stereocenters. The summed E-state index contributed by atoms with van der Waals surface area (Å²) in [6, 6.07) is 20.1. The molecule has 0 aliphatic carbocycles. The van der Waals surface area contributed by atoms with Gasteiger partial charge in [-0.05, 0) is 72.0 Å². The minimum Gasteiger partial charge on any atom is -0.322 e. The maximum atomic E-state index is 12.5. The largest absolute Gasteiger partial charge is 0.322 e. The van der Waals surface area contributed by atoms with Crippen molar-refractivity contribution in [1.82, 2.24) is 9.97 Å². The number of rotatable bonds is 4. The van der Waals surface area contributed by atoms with Crippen LogP contribution in [0.2, 0.25) is 0 Å². The van der Waals surface area contributed by atoms with Gasteiger partial charge in [0.25, 0.3) is 5.91 Å². The molecule has 0 spiro atoms. The van der Waals surface area contributed by atoms with E-state index in [4.69, 9.17) is 0 Å². The van der Waals surface area contributed by atoms with Crippen LogP contribution in [0.5, 0.6) is 0 Å². The number of carbonyl (C=O) groups excluding carboxylic acids is 1. The number of anilines is 1. The Balaban J connectivity index is 1.58. The molecular formula is C25H21N3O. The molecule has 0 radical (unpaired) electrons. The minimum absolute atomic E-state index is 0.132. The number of benzene rings is 2. The van der Waals surface area contributed by atoms with E-state index < -0.39 is 0 Å². The summed E-state index contributed by atoms with van der Waals surface area (Å²) in [5, 5.41) is 2.95. The molecule has 4 heteroatoms. The second-order valence-corrected chi connectivity index (χ2v) is 6.99. The molecule has 4 nitrogen and oxygen atoms in total. The summed E-state index contributed by atoms with van der Waals surface area (Å²) in [5.74, 6) is -0.132. The minimum atomic E-state index is -0.132. The van der Waals surface area contributed by atoms with Gasteiger partial charge in [0.2, 0.25) is 0 Å². The third-order valence-electron chi connectivity index (χ3n) is 4.95. The smallest absolute Gasteiger partial charge is 0.256 e. The fraction of sp³-hybridized carbons (Fsp3) is 0.0800. The Kier molecular flexibility index (Phi) is 5.16. The first-order valence-corrected chi connectivity index (χ1v) is 9.45. The zero-order valence-corrected chi connectivity index (χ0v) is 16.4. The lowest BCUT2D eigenvalue weighted by atomic mass is 9.95. The molecule has 2 aromatic carbocycles. The summed E-state index contributed by atoms with van der Waals surface area (Å²) in [4.78, 5) is 20.7. The fourth-order valence-corrected chi connectivity index (χ4v) is 3.31. The Morgan fingerprint density at radius 3 is 2.24 bits per heavy atom. The third-order valence-corrected chi connectivity index (χ3v) is 4.95. The average Bonchev–Trinajstić information content (AvgIpc) is 2.76. The number of aromatic nitrogens is 2. The first-order chi connectivity index (χ1) is 14.1. The van der Waals surface area contributed by atoms with Gasteiger partial charge >= 0.3 is 0 Å². The Hall–Kier alpha value is -3.79. The van der Waals surface area contributed by atoms with Crippen molar-refractivity contribution in [3.05, 3.63) is 102 Å². The molecule has 0 saturated heterocycles. The zero-order valence-electron chi connectivity index (χ0n) is 16.4. The highest BCUT2D eigenvalue weighted by atomic mass is 16.1. The number of hydrogen-bond donors (Lipinski definition) is 1. The maximum Gasteiger partial charge on any atom is 0.256 e. The van der Waals surface area contributed by atoms with Gasteiger partial charge in [-0.15, -0.1) is 0 Å². The highest BCUT2D eigenvalue weighted by molar-refractivity contribution is 6.05. The van der Waals surface area contributed by atoms with Crippen molar-refractivity contribution < 1.29 is 4.79 Å². The monoisotopic (exact) mass is 379 g/mol. The fourth-order valence-electron chi connectivity index (χ4n) is 3.31. The summed E-state index contributed by atoms with van der Waals surface area (Å²) in [6.07, 6.45) is 6.96. The summed E-state index contributed by atoms with van der Waals surface area (Å²) in [5.41, 5.74) is 7.92. The van der Waals surface area contributed by atoms with E-state index in [0.29, 0.717) is 5.56 Å². The van der Waals surface area contributed by atoms with Crippen molar-refractivity contribution >= 4 is 11.6 Å². The molecule has 1 amide bonds. The lowest BCUT2D eigenvalue weighted by Gasteiger charge is -2.11. The summed E-state index contributed by atoms with van der Waals surface area (Å²) >= 11 is 0. The SMILES string of the molecule is Cc1cnccc1C(=O)Nc1ccc(-c2cc(-c3cccnc3)ccc2C)cc1. The molecule has 0 aliphatic rings. The van der Waals surface area contributed by atoms with E-state index in [1.54, 1.807) is 24.7 Å². The van der Waals surface area contributed by atoms with Gasteiger partial charge in [-0.25, -0.2) is 0 Å². The van der Waals surface area contributed by atoms with Crippen LogP contribution in [0.15, 0.2) is 85.5 Å². The van der Waals surface area contributed by atoms with Crippen molar-refractivity contribution in [2.75, 3.05) is 5.32 Å². The molecule has 2 aromatic heterocycles. The predicted octanol–water partition coefficient (Wildman–Crippen LogP) is 5.68. The molecule has 2 heterocycles. The molecule has 142 valence electrons. The number of aryl methyl sites for hydroxylation is 2. The van der Waals surface area contributed by atoms with Crippen LogP contribution in [-0.4, -0.2) is 15.9 Å². The van der Waals surface area contributed by atoms with E-state index in [2.05, 4.69) is 46.5 Å². The van der Waals surface area contributed by atoms with Gasteiger partial charge in [0.1, 0.15) is 0 Å². The van der Waals surface area contributed by atoms with Gasteiger partial charge in [0.05, 0.1) is 0 Å². The van der Waals surface area contributed by atoms with Crippen LogP contribution < -0.4 is 5.32 Å². The Bertz CT molecular complexity index is 1150. The maximum absolute atomic E-state index is 12.5. The van der Waals surface area contributed by atoms with Crippen molar-refractivity contribution in [3.8, 4) is 22.3 Å². The van der Waals surface area contributed by atoms with Crippen molar-refractivity contribution in [1.29, 1.82) is 0 Å².